The van der Waals surface area contributed by atoms with E-state index in [9.17, 15) is 14.4 Å². The number of benzene rings is 1. The molecule has 1 aromatic rings. The Morgan fingerprint density at radius 1 is 1.18 bits per heavy atom. The second-order valence-corrected chi connectivity index (χ2v) is 6.16. The molecule has 0 saturated carbocycles. The van der Waals surface area contributed by atoms with E-state index in [-0.39, 0.29) is 19.0 Å². The minimum atomic E-state index is -1.07. The molecule has 1 saturated heterocycles. The van der Waals surface area contributed by atoms with Gasteiger partial charge in [-0.15, -0.1) is 0 Å². The molecule has 0 atom stereocenters. The average molecular weight is 303 g/mol. The first-order chi connectivity index (χ1) is 10.2. The maximum atomic E-state index is 12.6. The number of hydrogen-bond donors (Lipinski definition) is 1. The van der Waals surface area contributed by atoms with Crippen molar-refractivity contribution in [3.05, 3.63) is 34.9 Å². The number of nitrogens with two attached hydrogens (primary N) is 1. The third kappa shape index (κ3) is 2.56. The van der Waals surface area contributed by atoms with Gasteiger partial charge in [0, 0.05) is 0 Å². The molecule has 2 N–H and O–H groups in total. The van der Waals surface area contributed by atoms with Crippen LogP contribution in [0.25, 0.3) is 0 Å². The van der Waals surface area contributed by atoms with Crippen LogP contribution in [0.2, 0.25) is 0 Å². The predicted octanol–water partition coefficient (Wildman–Crippen LogP) is 1.33. The van der Waals surface area contributed by atoms with Crippen molar-refractivity contribution >= 4 is 17.8 Å². The molecule has 6 nitrogen and oxygen atoms in total. The Morgan fingerprint density at radius 2 is 1.73 bits per heavy atom. The molecule has 0 unspecified atom stereocenters. The summed E-state index contributed by atoms with van der Waals surface area (Å²) in [6.07, 6.45) is 0. The molecule has 1 aliphatic heterocycles. The predicted molar refractivity (Wildman–Crippen MR) is 81.8 cm³/mol. The molecule has 0 aromatic heterocycles. The smallest absolute Gasteiger partial charge is 0.328 e. The Morgan fingerprint density at radius 3 is 2.23 bits per heavy atom. The molecule has 1 heterocycles. The third-order valence-electron chi connectivity index (χ3n) is 4.18. The van der Waals surface area contributed by atoms with Gasteiger partial charge in [-0.25, -0.2) is 4.79 Å². The van der Waals surface area contributed by atoms with E-state index in [0.29, 0.717) is 0 Å². The van der Waals surface area contributed by atoms with Crippen molar-refractivity contribution in [1.82, 2.24) is 9.80 Å². The van der Waals surface area contributed by atoms with Crippen LogP contribution >= 0.6 is 0 Å². The van der Waals surface area contributed by atoms with Crippen molar-refractivity contribution < 1.29 is 14.4 Å². The largest absolute Gasteiger partial charge is 0.368 e. The summed E-state index contributed by atoms with van der Waals surface area (Å²) < 4.78 is 0. The first-order valence-corrected chi connectivity index (χ1v) is 7.13. The van der Waals surface area contributed by atoms with Gasteiger partial charge in [0.05, 0.1) is 6.54 Å². The van der Waals surface area contributed by atoms with Crippen LogP contribution in [0.3, 0.4) is 0 Å². The van der Waals surface area contributed by atoms with E-state index in [1.165, 1.54) is 9.80 Å². The van der Waals surface area contributed by atoms with Gasteiger partial charge >= 0.3 is 6.03 Å². The standard InChI is InChI=1S/C16H21N3O3/c1-10-6-5-7-11(2)12(10)8-18-14(21)16(3,4)19(15(18)22)9-13(17)20/h5-7H,8-9H2,1-4H3,(H2,17,20). The highest BCUT2D eigenvalue weighted by atomic mass is 16.2. The Balaban J connectivity index is 2.34. The van der Waals surface area contributed by atoms with Crippen molar-refractivity contribution in [2.75, 3.05) is 6.54 Å². The fourth-order valence-corrected chi connectivity index (χ4v) is 2.73. The van der Waals surface area contributed by atoms with Gasteiger partial charge in [-0.05, 0) is 44.4 Å². The molecule has 1 aliphatic rings. The van der Waals surface area contributed by atoms with E-state index in [1.807, 2.05) is 32.0 Å². The normalized spacial score (nSPS) is 17.3. The summed E-state index contributed by atoms with van der Waals surface area (Å²) in [4.78, 5) is 38.7. The lowest BCUT2D eigenvalue weighted by Crippen LogP contribution is -2.47. The molecule has 2 rings (SSSR count). The van der Waals surface area contributed by atoms with Crippen LogP contribution in [0.1, 0.15) is 30.5 Å². The maximum Gasteiger partial charge on any atom is 0.328 e. The monoisotopic (exact) mass is 303 g/mol. The molecule has 118 valence electrons. The van der Waals surface area contributed by atoms with Gasteiger partial charge in [0.1, 0.15) is 12.1 Å². The Labute approximate surface area is 129 Å². The lowest BCUT2D eigenvalue weighted by atomic mass is 10.0. The van der Waals surface area contributed by atoms with E-state index >= 15 is 0 Å². The zero-order chi connectivity index (χ0) is 16.7. The number of amides is 4. The second-order valence-electron chi connectivity index (χ2n) is 6.16. The second kappa shape index (κ2) is 5.44. The van der Waals surface area contributed by atoms with Crippen LogP contribution in [0.4, 0.5) is 4.79 Å². The quantitative estimate of drug-likeness (QED) is 0.852. The Kier molecular flexibility index (Phi) is 3.96. The molecule has 1 fully saturated rings. The highest BCUT2D eigenvalue weighted by Crippen LogP contribution is 2.29. The van der Waals surface area contributed by atoms with Crippen molar-refractivity contribution in [3.8, 4) is 0 Å². The highest BCUT2D eigenvalue weighted by molar-refractivity contribution is 6.07. The number of carbonyl (C=O) groups is 3. The van der Waals surface area contributed by atoms with E-state index in [1.54, 1.807) is 13.8 Å². The van der Waals surface area contributed by atoms with E-state index in [0.717, 1.165) is 16.7 Å². The number of hydrogen-bond acceptors (Lipinski definition) is 3. The van der Waals surface area contributed by atoms with Crippen LogP contribution in [0.5, 0.6) is 0 Å². The molecule has 6 heteroatoms. The van der Waals surface area contributed by atoms with Crippen LogP contribution in [-0.4, -0.2) is 39.7 Å². The fourth-order valence-electron chi connectivity index (χ4n) is 2.73. The summed E-state index contributed by atoms with van der Waals surface area (Å²) >= 11 is 0. The van der Waals surface area contributed by atoms with E-state index in [4.69, 9.17) is 5.73 Å². The number of urea groups is 1. The number of nitrogens with zero attached hydrogens (tertiary/aromatic N) is 2. The molecule has 0 aliphatic carbocycles. The van der Waals surface area contributed by atoms with Crippen LogP contribution in [0, 0.1) is 13.8 Å². The molecule has 1 aromatic carbocycles. The highest BCUT2D eigenvalue weighted by Gasteiger charge is 2.51. The van der Waals surface area contributed by atoms with Crippen LogP contribution < -0.4 is 5.73 Å². The van der Waals surface area contributed by atoms with Crippen molar-refractivity contribution in [2.24, 2.45) is 5.73 Å². The summed E-state index contributed by atoms with van der Waals surface area (Å²) in [6, 6.07) is 5.35. The lowest BCUT2D eigenvalue weighted by molar-refractivity contribution is -0.132. The number of aryl methyl sites for hydroxylation is 2. The van der Waals surface area contributed by atoms with Gasteiger partial charge in [0.25, 0.3) is 5.91 Å². The Hall–Kier alpha value is -2.37. The van der Waals surface area contributed by atoms with Crippen molar-refractivity contribution in [2.45, 2.75) is 39.8 Å². The van der Waals surface area contributed by atoms with E-state index in [2.05, 4.69) is 0 Å². The zero-order valence-corrected chi connectivity index (χ0v) is 13.3. The van der Waals surface area contributed by atoms with Gasteiger partial charge in [-0.3, -0.25) is 14.5 Å². The molecular weight excluding hydrogens is 282 g/mol. The van der Waals surface area contributed by atoms with Gasteiger partial charge in [0.2, 0.25) is 5.91 Å². The van der Waals surface area contributed by atoms with Gasteiger partial charge in [-0.2, -0.15) is 0 Å². The number of imide groups is 1. The number of rotatable bonds is 4. The maximum absolute atomic E-state index is 12.6. The topological polar surface area (TPSA) is 83.7 Å². The average Bonchev–Trinajstić information content (AvgIpc) is 2.56. The summed E-state index contributed by atoms with van der Waals surface area (Å²) in [7, 11) is 0. The van der Waals surface area contributed by atoms with Gasteiger partial charge in [-0.1, -0.05) is 18.2 Å². The van der Waals surface area contributed by atoms with Gasteiger partial charge in [0.15, 0.2) is 0 Å². The summed E-state index contributed by atoms with van der Waals surface area (Å²) in [5.74, 6) is -0.954. The van der Waals surface area contributed by atoms with Crippen LogP contribution in [0.15, 0.2) is 18.2 Å². The lowest BCUT2D eigenvalue weighted by Gasteiger charge is -2.26. The van der Waals surface area contributed by atoms with Gasteiger partial charge < -0.3 is 10.6 Å². The molecular formula is C16H21N3O3. The van der Waals surface area contributed by atoms with Crippen molar-refractivity contribution in [1.29, 1.82) is 0 Å². The molecule has 0 radical (unpaired) electrons. The van der Waals surface area contributed by atoms with Crippen molar-refractivity contribution in [3.63, 3.8) is 0 Å². The summed E-state index contributed by atoms with van der Waals surface area (Å²) in [6.45, 7) is 7.08. The summed E-state index contributed by atoms with van der Waals surface area (Å²) in [5, 5.41) is 0. The van der Waals surface area contributed by atoms with E-state index < -0.39 is 17.5 Å². The number of primary amides is 1. The molecule has 0 bridgehead atoms. The number of carbonyl (C=O) groups excluding carboxylic acids is 3. The SMILES string of the molecule is Cc1cccc(C)c1CN1C(=O)N(CC(N)=O)C(C)(C)C1=O. The molecule has 0 spiro atoms. The molecule has 22 heavy (non-hydrogen) atoms. The summed E-state index contributed by atoms with van der Waals surface area (Å²) in [5.41, 5.74) is 7.10. The minimum Gasteiger partial charge on any atom is -0.368 e. The molecule has 4 amide bonds. The minimum absolute atomic E-state index is 0.203. The Bertz CT molecular complexity index is 632. The third-order valence-corrected chi connectivity index (χ3v) is 4.18. The fraction of sp³-hybridized carbons (Fsp3) is 0.438. The first kappa shape index (κ1) is 16.0. The first-order valence-electron chi connectivity index (χ1n) is 7.13. The zero-order valence-electron chi connectivity index (χ0n) is 13.3. The van der Waals surface area contributed by atoms with Crippen LogP contribution in [-0.2, 0) is 16.1 Å².